The number of phenols is 2. The van der Waals surface area contributed by atoms with Gasteiger partial charge in [0.1, 0.15) is 5.56 Å². The molecule has 0 saturated heterocycles. The molecule has 2 N–H and O–H groups in total. The van der Waals surface area contributed by atoms with Crippen molar-refractivity contribution in [2.45, 2.75) is 117 Å². The average Bonchev–Trinajstić information content (AvgIpc) is 2.77. The zero-order valence-electron chi connectivity index (χ0n) is 20.0. The summed E-state index contributed by atoms with van der Waals surface area (Å²) in [6.45, 7) is 5.01. The normalized spacial score (nSPS) is 12.1. The van der Waals surface area contributed by atoms with E-state index < -0.39 is 11.7 Å². The molecule has 1 aromatic rings. The maximum absolute atomic E-state index is 11.9. The maximum Gasteiger partial charge on any atom is 0.342 e. The molecule has 0 spiro atoms. The molecule has 178 valence electrons. The first-order chi connectivity index (χ1) is 15.1. The molecule has 0 radical (unpaired) electrons. The standard InChI is InChI=1S/C27H46O4/c1-3-23(2)19-16-14-12-10-8-6-4-5-7-9-11-13-15-17-22-31-27(30)24-20-18-21-25(28)26(24)29/h18,20-21,23,28-29H,3-17,19,22H2,1-2H3/t23-/m0/s1. The molecule has 0 bridgehead atoms. The summed E-state index contributed by atoms with van der Waals surface area (Å²) in [7, 11) is 0. The van der Waals surface area contributed by atoms with E-state index in [1.54, 1.807) is 0 Å². The number of benzene rings is 1. The highest BCUT2D eigenvalue weighted by Crippen LogP contribution is 2.28. The van der Waals surface area contributed by atoms with Crippen LogP contribution in [0.3, 0.4) is 0 Å². The van der Waals surface area contributed by atoms with Gasteiger partial charge in [0.05, 0.1) is 6.61 Å². The molecule has 0 unspecified atom stereocenters. The third-order valence-corrected chi connectivity index (χ3v) is 6.26. The fourth-order valence-corrected chi connectivity index (χ4v) is 3.86. The minimum absolute atomic E-state index is 0.0154. The van der Waals surface area contributed by atoms with Crippen molar-refractivity contribution in [1.82, 2.24) is 0 Å². The van der Waals surface area contributed by atoms with Crippen molar-refractivity contribution in [2.75, 3.05) is 6.61 Å². The summed E-state index contributed by atoms with van der Waals surface area (Å²) >= 11 is 0. The molecule has 0 aliphatic rings. The lowest BCUT2D eigenvalue weighted by molar-refractivity contribution is 0.0493. The third kappa shape index (κ3) is 13.3. The van der Waals surface area contributed by atoms with E-state index in [9.17, 15) is 15.0 Å². The van der Waals surface area contributed by atoms with Crippen molar-refractivity contribution in [3.05, 3.63) is 23.8 Å². The number of hydrogen-bond donors (Lipinski definition) is 2. The Kier molecular flexibility index (Phi) is 15.8. The van der Waals surface area contributed by atoms with Gasteiger partial charge in [0.25, 0.3) is 0 Å². The summed E-state index contributed by atoms with van der Waals surface area (Å²) in [6, 6.07) is 4.30. The van der Waals surface area contributed by atoms with E-state index in [0.717, 1.165) is 18.8 Å². The Bertz CT molecular complexity index is 585. The number of unbranched alkanes of at least 4 members (excludes halogenated alkanes) is 13. The number of hydrogen-bond acceptors (Lipinski definition) is 4. The second kappa shape index (κ2) is 17.9. The topological polar surface area (TPSA) is 66.8 Å². The van der Waals surface area contributed by atoms with Crippen LogP contribution in [0.25, 0.3) is 0 Å². The number of esters is 1. The molecule has 1 aromatic carbocycles. The van der Waals surface area contributed by atoms with Gasteiger partial charge in [-0.2, -0.15) is 0 Å². The number of para-hydroxylation sites is 1. The van der Waals surface area contributed by atoms with Crippen LogP contribution in [-0.2, 0) is 4.74 Å². The Morgan fingerprint density at radius 2 is 1.29 bits per heavy atom. The largest absolute Gasteiger partial charge is 0.504 e. The second-order valence-electron chi connectivity index (χ2n) is 9.06. The Labute approximate surface area is 190 Å². The van der Waals surface area contributed by atoms with Crippen LogP contribution in [0.15, 0.2) is 18.2 Å². The van der Waals surface area contributed by atoms with Crippen molar-refractivity contribution in [3.63, 3.8) is 0 Å². The summed E-state index contributed by atoms with van der Waals surface area (Å²) < 4.78 is 5.18. The fourth-order valence-electron chi connectivity index (χ4n) is 3.86. The van der Waals surface area contributed by atoms with E-state index >= 15 is 0 Å². The molecule has 1 atom stereocenters. The van der Waals surface area contributed by atoms with Crippen LogP contribution >= 0.6 is 0 Å². The van der Waals surface area contributed by atoms with E-state index in [4.69, 9.17) is 4.74 Å². The highest BCUT2D eigenvalue weighted by Gasteiger charge is 2.14. The molecule has 0 heterocycles. The summed E-state index contributed by atoms with van der Waals surface area (Å²) in [5.74, 6) is -0.394. The molecular weight excluding hydrogens is 388 g/mol. The number of phenolic OH excluding ortho intramolecular Hbond substituents is 2. The van der Waals surface area contributed by atoms with Gasteiger partial charge in [-0.1, -0.05) is 116 Å². The van der Waals surface area contributed by atoms with Gasteiger partial charge in [0.15, 0.2) is 11.5 Å². The molecule has 0 amide bonds. The number of aromatic hydroxyl groups is 2. The molecule has 4 nitrogen and oxygen atoms in total. The Morgan fingerprint density at radius 3 is 1.81 bits per heavy atom. The highest BCUT2D eigenvalue weighted by molar-refractivity contribution is 5.93. The molecule has 1 rings (SSSR count). The van der Waals surface area contributed by atoms with Crippen molar-refractivity contribution in [1.29, 1.82) is 0 Å². The number of rotatable bonds is 19. The quantitative estimate of drug-likeness (QED) is 0.131. The molecule has 0 aliphatic carbocycles. The molecule has 31 heavy (non-hydrogen) atoms. The summed E-state index contributed by atoms with van der Waals surface area (Å²) in [6.07, 6.45) is 20.9. The summed E-state index contributed by atoms with van der Waals surface area (Å²) in [5, 5.41) is 19.1. The maximum atomic E-state index is 11.9. The summed E-state index contributed by atoms with van der Waals surface area (Å²) in [5.41, 5.74) is 0.0154. The van der Waals surface area contributed by atoms with Crippen molar-refractivity contribution in [2.24, 2.45) is 5.92 Å². The predicted octanol–water partition coefficient (Wildman–Crippen LogP) is 8.15. The first kappa shape index (κ1) is 27.3. The van der Waals surface area contributed by atoms with Gasteiger partial charge in [0, 0.05) is 0 Å². The fraction of sp³-hybridized carbons (Fsp3) is 0.741. The van der Waals surface area contributed by atoms with E-state index in [-0.39, 0.29) is 11.3 Å². The Morgan fingerprint density at radius 1 is 0.806 bits per heavy atom. The molecule has 0 aromatic heterocycles. The van der Waals surface area contributed by atoms with Crippen molar-refractivity contribution in [3.8, 4) is 11.5 Å². The Balaban J connectivity index is 1.83. The van der Waals surface area contributed by atoms with E-state index in [1.807, 2.05) is 0 Å². The average molecular weight is 435 g/mol. The molecule has 0 fully saturated rings. The minimum Gasteiger partial charge on any atom is -0.504 e. The Hall–Kier alpha value is -1.71. The molecule has 0 saturated carbocycles. The van der Waals surface area contributed by atoms with Gasteiger partial charge < -0.3 is 14.9 Å². The van der Waals surface area contributed by atoms with Crippen molar-refractivity contribution >= 4 is 5.97 Å². The van der Waals surface area contributed by atoms with Crippen LogP contribution in [-0.4, -0.2) is 22.8 Å². The van der Waals surface area contributed by atoms with Gasteiger partial charge in [-0.15, -0.1) is 0 Å². The van der Waals surface area contributed by atoms with Crippen molar-refractivity contribution < 1.29 is 19.7 Å². The third-order valence-electron chi connectivity index (χ3n) is 6.26. The molecular formula is C27H46O4. The lowest BCUT2D eigenvalue weighted by Crippen LogP contribution is -2.06. The van der Waals surface area contributed by atoms with E-state index in [2.05, 4.69) is 13.8 Å². The van der Waals surface area contributed by atoms with Gasteiger partial charge in [-0.3, -0.25) is 0 Å². The van der Waals surface area contributed by atoms with E-state index in [1.165, 1.54) is 108 Å². The first-order valence-corrected chi connectivity index (χ1v) is 12.7. The number of ether oxygens (including phenoxy) is 1. The lowest BCUT2D eigenvalue weighted by atomic mass is 9.99. The van der Waals surface area contributed by atoms with Crippen LogP contribution < -0.4 is 0 Å². The van der Waals surface area contributed by atoms with Crippen LogP contribution in [0.2, 0.25) is 0 Å². The van der Waals surface area contributed by atoms with Gasteiger partial charge in [-0.25, -0.2) is 4.79 Å². The number of carbonyl (C=O) groups is 1. The predicted molar refractivity (Wildman–Crippen MR) is 129 cm³/mol. The molecule has 4 heteroatoms. The highest BCUT2D eigenvalue weighted by atomic mass is 16.5. The summed E-state index contributed by atoms with van der Waals surface area (Å²) in [4.78, 5) is 11.9. The van der Waals surface area contributed by atoms with Gasteiger partial charge in [-0.05, 0) is 24.5 Å². The van der Waals surface area contributed by atoms with Crippen LogP contribution in [0.5, 0.6) is 11.5 Å². The van der Waals surface area contributed by atoms with Crippen LogP contribution in [0.1, 0.15) is 127 Å². The van der Waals surface area contributed by atoms with Gasteiger partial charge >= 0.3 is 5.97 Å². The van der Waals surface area contributed by atoms with Gasteiger partial charge in [0.2, 0.25) is 0 Å². The van der Waals surface area contributed by atoms with Crippen LogP contribution in [0.4, 0.5) is 0 Å². The zero-order valence-corrected chi connectivity index (χ0v) is 20.0. The first-order valence-electron chi connectivity index (χ1n) is 12.7. The lowest BCUT2D eigenvalue weighted by Gasteiger charge is -2.07. The van der Waals surface area contributed by atoms with E-state index in [0.29, 0.717) is 6.61 Å². The molecule has 0 aliphatic heterocycles. The monoisotopic (exact) mass is 434 g/mol. The number of carbonyl (C=O) groups excluding carboxylic acids is 1. The second-order valence-corrected chi connectivity index (χ2v) is 9.06. The van der Waals surface area contributed by atoms with Crippen LogP contribution in [0, 0.1) is 5.92 Å². The smallest absolute Gasteiger partial charge is 0.342 e. The zero-order chi connectivity index (χ0) is 22.7. The SMILES string of the molecule is CC[C@H](C)CCCCCCCCCCCCCCCCOC(=O)c1cccc(O)c1O. The minimum atomic E-state index is -0.584.